The van der Waals surface area contributed by atoms with Crippen LogP contribution in [0, 0.1) is 19.8 Å². The molecule has 1 aliphatic heterocycles. The standard InChI is InChI=1S/C18H25N3O3S/c1-4-5-15-10-21(11-16(15)19)25(22,23)18-8-14(7-6-12(18)2)17-9-20-13(3)24-17/h6-9,15-16H,4-5,10-11,19H2,1-3H3/t15-,16-/m0/s1. The third-order valence-corrected chi connectivity index (χ3v) is 6.80. The van der Waals surface area contributed by atoms with Gasteiger partial charge in [0.15, 0.2) is 11.7 Å². The fourth-order valence-corrected chi connectivity index (χ4v) is 5.18. The molecule has 7 heteroatoms. The third kappa shape index (κ3) is 3.49. The lowest BCUT2D eigenvalue weighted by Crippen LogP contribution is -2.32. The smallest absolute Gasteiger partial charge is 0.243 e. The molecule has 6 nitrogen and oxygen atoms in total. The van der Waals surface area contributed by atoms with Crippen molar-refractivity contribution in [2.45, 2.75) is 44.6 Å². The van der Waals surface area contributed by atoms with E-state index in [0.717, 1.165) is 12.8 Å². The van der Waals surface area contributed by atoms with E-state index >= 15 is 0 Å². The molecule has 3 rings (SSSR count). The maximum absolute atomic E-state index is 13.2. The van der Waals surface area contributed by atoms with Crippen LogP contribution in [0.2, 0.25) is 0 Å². The van der Waals surface area contributed by atoms with Crippen LogP contribution in [-0.4, -0.2) is 36.8 Å². The van der Waals surface area contributed by atoms with Crippen molar-refractivity contribution < 1.29 is 12.8 Å². The molecule has 136 valence electrons. The number of oxazole rings is 1. The Morgan fingerprint density at radius 3 is 2.72 bits per heavy atom. The van der Waals surface area contributed by atoms with Crippen LogP contribution in [0.3, 0.4) is 0 Å². The van der Waals surface area contributed by atoms with Crippen LogP contribution >= 0.6 is 0 Å². The third-order valence-electron chi connectivity index (χ3n) is 4.83. The number of aromatic nitrogens is 1. The second-order valence-electron chi connectivity index (χ2n) is 6.76. The normalized spacial score (nSPS) is 21.8. The Bertz CT molecular complexity index is 860. The fraction of sp³-hybridized carbons (Fsp3) is 0.500. The summed E-state index contributed by atoms with van der Waals surface area (Å²) in [5.41, 5.74) is 7.58. The van der Waals surface area contributed by atoms with Crippen molar-refractivity contribution in [3.8, 4) is 11.3 Å². The minimum atomic E-state index is -3.59. The number of benzene rings is 1. The molecule has 25 heavy (non-hydrogen) atoms. The number of nitrogens with zero attached hydrogens (tertiary/aromatic N) is 2. The SMILES string of the molecule is CCC[C@H]1CN(S(=O)(=O)c2cc(-c3cnc(C)o3)ccc2C)C[C@@H]1N. The summed E-state index contributed by atoms with van der Waals surface area (Å²) in [7, 11) is -3.59. The lowest BCUT2D eigenvalue weighted by molar-refractivity contribution is 0.439. The predicted molar refractivity (Wildman–Crippen MR) is 96.5 cm³/mol. The second-order valence-corrected chi connectivity index (χ2v) is 8.66. The Hall–Kier alpha value is -1.70. The molecule has 0 radical (unpaired) electrons. The largest absolute Gasteiger partial charge is 0.441 e. The van der Waals surface area contributed by atoms with E-state index in [1.54, 1.807) is 25.3 Å². The lowest BCUT2D eigenvalue weighted by atomic mass is 9.99. The van der Waals surface area contributed by atoms with E-state index in [4.69, 9.17) is 10.2 Å². The molecule has 1 aliphatic rings. The number of nitrogens with two attached hydrogens (primary N) is 1. The van der Waals surface area contributed by atoms with E-state index in [-0.39, 0.29) is 12.0 Å². The maximum Gasteiger partial charge on any atom is 0.243 e. The minimum absolute atomic E-state index is 0.102. The first-order chi connectivity index (χ1) is 11.8. The highest BCUT2D eigenvalue weighted by Gasteiger charge is 2.37. The molecule has 0 saturated carbocycles. The summed E-state index contributed by atoms with van der Waals surface area (Å²) >= 11 is 0. The van der Waals surface area contributed by atoms with E-state index in [9.17, 15) is 8.42 Å². The highest BCUT2D eigenvalue weighted by atomic mass is 32.2. The summed E-state index contributed by atoms with van der Waals surface area (Å²) < 4.78 is 33.4. The molecule has 2 heterocycles. The Kier molecular flexibility index (Phi) is 4.99. The Morgan fingerprint density at radius 2 is 2.08 bits per heavy atom. The number of hydrogen-bond donors (Lipinski definition) is 1. The molecule has 0 spiro atoms. The lowest BCUT2D eigenvalue weighted by Gasteiger charge is -2.18. The average Bonchev–Trinajstić information content (AvgIpc) is 3.15. The molecule has 1 saturated heterocycles. The van der Waals surface area contributed by atoms with Crippen LogP contribution in [0.25, 0.3) is 11.3 Å². The van der Waals surface area contributed by atoms with Crippen molar-refractivity contribution in [1.82, 2.24) is 9.29 Å². The first-order valence-corrected chi connectivity index (χ1v) is 10.1. The number of sulfonamides is 1. The molecular weight excluding hydrogens is 338 g/mol. The van der Waals surface area contributed by atoms with Crippen LogP contribution in [-0.2, 0) is 10.0 Å². The highest BCUT2D eigenvalue weighted by molar-refractivity contribution is 7.89. The Labute approximate surface area is 149 Å². The van der Waals surface area contributed by atoms with Crippen molar-refractivity contribution in [3.63, 3.8) is 0 Å². The van der Waals surface area contributed by atoms with E-state index in [0.29, 0.717) is 40.8 Å². The van der Waals surface area contributed by atoms with Gasteiger partial charge >= 0.3 is 0 Å². The van der Waals surface area contributed by atoms with Crippen LogP contribution in [0.1, 0.15) is 31.2 Å². The molecule has 1 aromatic heterocycles. The van der Waals surface area contributed by atoms with Crippen molar-refractivity contribution >= 4 is 10.0 Å². The van der Waals surface area contributed by atoms with Gasteiger partial charge in [-0.15, -0.1) is 0 Å². The van der Waals surface area contributed by atoms with Gasteiger partial charge in [0.25, 0.3) is 0 Å². The van der Waals surface area contributed by atoms with Gasteiger partial charge in [0.2, 0.25) is 10.0 Å². The summed E-state index contributed by atoms with van der Waals surface area (Å²) in [6, 6.07) is 5.22. The molecule has 1 aromatic carbocycles. The van der Waals surface area contributed by atoms with Crippen molar-refractivity contribution in [3.05, 3.63) is 35.9 Å². The van der Waals surface area contributed by atoms with Gasteiger partial charge in [-0.05, 0) is 30.9 Å². The van der Waals surface area contributed by atoms with Crippen LogP contribution in [0.4, 0.5) is 0 Å². The molecule has 2 aromatic rings. The van der Waals surface area contributed by atoms with E-state index in [1.807, 2.05) is 13.0 Å². The van der Waals surface area contributed by atoms with Gasteiger partial charge in [-0.1, -0.05) is 25.5 Å². The van der Waals surface area contributed by atoms with Gasteiger partial charge in [0, 0.05) is 31.6 Å². The molecule has 0 amide bonds. The molecule has 2 N–H and O–H groups in total. The predicted octanol–water partition coefficient (Wildman–Crippen LogP) is 2.71. The fourth-order valence-electron chi connectivity index (χ4n) is 3.39. The van der Waals surface area contributed by atoms with Gasteiger partial charge in [0.05, 0.1) is 11.1 Å². The van der Waals surface area contributed by atoms with Crippen LogP contribution in [0.15, 0.2) is 33.7 Å². The highest BCUT2D eigenvalue weighted by Crippen LogP contribution is 2.31. The number of hydrogen-bond acceptors (Lipinski definition) is 5. The maximum atomic E-state index is 13.2. The second kappa shape index (κ2) is 6.90. The van der Waals surface area contributed by atoms with Gasteiger partial charge < -0.3 is 10.2 Å². The molecule has 0 aliphatic carbocycles. The quantitative estimate of drug-likeness (QED) is 0.882. The van der Waals surface area contributed by atoms with E-state index in [1.165, 1.54) is 4.31 Å². The Morgan fingerprint density at radius 1 is 1.32 bits per heavy atom. The van der Waals surface area contributed by atoms with Crippen LogP contribution < -0.4 is 5.73 Å². The summed E-state index contributed by atoms with van der Waals surface area (Å²) in [5, 5.41) is 0. The zero-order valence-corrected chi connectivity index (χ0v) is 15.7. The zero-order valence-electron chi connectivity index (χ0n) is 14.9. The number of aryl methyl sites for hydroxylation is 2. The van der Waals surface area contributed by atoms with Gasteiger partial charge in [-0.2, -0.15) is 4.31 Å². The zero-order chi connectivity index (χ0) is 18.2. The molecular formula is C18H25N3O3S. The van der Waals surface area contributed by atoms with Crippen molar-refractivity contribution in [2.24, 2.45) is 11.7 Å². The van der Waals surface area contributed by atoms with Crippen molar-refractivity contribution in [2.75, 3.05) is 13.1 Å². The number of rotatable bonds is 5. The molecule has 2 atom stereocenters. The Balaban J connectivity index is 1.95. The average molecular weight is 363 g/mol. The van der Waals surface area contributed by atoms with Gasteiger partial charge in [-0.25, -0.2) is 13.4 Å². The summed E-state index contributed by atoms with van der Waals surface area (Å²) in [6.07, 6.45) is 3.56. The van der Waals surface area contributed by atoms with E-state index in [2.05, 4.69) is 11.9 Å². The van der Waals surface area contributed by atoms with Gasteiger partial charge in [-0.3, -0.25) is 0 Å². The summed E-state index contributed by atoms with van der Waals surface area (Å²) in [5.74, 6) is 1.34. The molecule has 1 fully saturated rings. The van der Waals surface area contributed by atoms with E-state index < -0.39 is 10.0 Å². The first kappa shape index (κ1) is 18.1. The summed E-state index contributed by atoms with van der Waals surface area (Å²) in [6.45, 7) is 6.52. The minimum Gasteiger partial charge on any atom is -0.441 e. The topological polar surface area (TPSA) is 89.4 Å². The summed E-state index contributed by atoms with van der Waals surface area (Å²) in [4.78, 5) is 4.39. The first-order valence-electron chi connectivity index (χ1n) is 8.62. The molecule has 0 unspecified atom stereocenters. The van der Waals surface area contributed by atoms with Crippen molar-refractivity contribution in [1.29, 1.82) is 0 Å². The molecule has 0 bridgehead atoms. The van der Waals surface area contributed by atoms with Gasteiger partial charge in [0.1, 0.15) is 0 Å². The van der Waals surface area contributed by atoms with Crippen LogP contribution in [0.5, 0.6) is 0 Å². The monoisotopic (exact) mass is 363 g/mol.